The molecule has 1 saturated carbocycles. The molecule has 0 atom stereocenters. The Bertz CT molecular complexity index is 1270. The lowest BCUT2D eigenvalue weighted by Gasteiger charge is -2.58. The molecule has 2 aliphatic rings. The van der Waals surface area contributed by atoms with Gasteiger partial charge in [0.15, 0.2) is 0 Å². The number of pyridine rings is 1. The van der Waals surface area contributed by atoms with Gasteiger partial charge in [-0.3, -0.25) is 4.79 Å². The number of rotatable bonds is 4. The Morgan fingerprint density at radius 1 is 1.21 bits per heavy atom. The highest BCUT2D eigenvalue weighted by molar-refractivity contribution is 6.00. The van der Waals surface area contributed by atoms with E-state index in [1.54, 1.807) is 21.8 Å². The monoisotopic (exact) mass is 477 g/mol. The van der Waals surface area contributed by atoms with Gasteiger partial charge in [0.2, 0.25) is 5.88 Å². The van der Waals surface area contributed by atoms with E-state index < -0.39 is 17.8 Å². The lowest BCUT2D eigenvalue weighted by molar-refractivity contribution is -0.137. The van der Waals surface area contributed by atoms with Gasteiger partial charge in [-0.05, 0) is 18.9 Å². The van der Waals surface area contributed by atoms with Crippen molar-refractivity contribution < 1.29 is 27.5 Å². The predicted octanol–water partition coefficient (Wildman–Crippen LogP) is 2.52. The molecule has 1 aliphatic heterocycles. The Morgan fingerprint density at radius 3 is 2.62 bits per heavy atom. The van der Waals surface area contributed by atoms with Gasteiger partial charge in [0.25, 0.3) is 5.91 Å². The third-order valence-electron chi connectivity index (χ3n) is 6.42. The summed E-state index contributed by atoms with van der Waals surface area (Å²) in [7, 11) is 3.11. The number of halogens is 3. The summed E-state index contributed by atoms with van der Waals surface area (Å²) in [4.78, 5) is 30.6. The van der Waals surface area contributed by atoms with E-state index in [4.69, 9.17) is 4.74 Å². The summed E-state index contributed by atoms with van der Waals surface area (Å²) in [5.41, 5.74) is 0.0624. The number of alkyl halides is 3. The molecule has 2 N–H and O–H groups in total. The number of ether oxygens (including phenoxy) is 1. The average molecular weight is 477 g/mol. The summed E-state index contributed by atoms with van der Waals surface area (Å²) in [6.07, 6.45) is 2.58. The molecule has 0 unspecified atom stereocenters. The topological polar surface area (TPSA) is 106 Å². The minimum absolute atomic E-state index is 0.0520. The average Bonchev–Trinajstić information content (AvgIpc) is 3.30. The lowest BCUT2D eigenvalue weighted by atomic mass is 9.60. The van der Waals surface area contributed by atoms with Crippen LogP contribution in [0.15, 0.2) is 30.9 Å². The summed E-state index contributed by atoms with van der Waals surface area (Å²) in [6.45, 7) is 1.16. The first-order chi connectivity index (χ1) is 16.1. The maximum Gasteiger partial charge on any atom is 0.417 e. The minimum Gasteiger partial charge on any atom is -0.480 e. The number of nitrogens with zero attached hydrogens (tertiary/aromatic N) is 5. The van der Waals surface area contributed by atoms with Gasteiger partial charge < -0.3 is 24.8 Å². The Hall–Kier alpha value is -3.77. The van der Waals surface area contributed by atoms with E-state index in [1.165, 1.54) is 7.11 Å². The molecule has 0 aromatic carbocycles. The number of nitrogens with one attached hydrogen (secondary N) is 2. The summed E-state index contributed by atoms with van der Waals surface area (Å²) in [5, 5.41) is 9.35. The molecule has 2 fully saturated rings. The number of methoxy groups -OCH3 is 1. The molecule has 10 nitrogen and oxygen atoms in total. The first kappa shape index (κ1) is 22.0. The molecule has 0 radical (unpaired) electrons. The third-order valence-corrected chi connectivity index (χ3v) is 6.42. The van der Waals surface area contributed by atoms with Gasteiger partial charge in [-0.2, -0.15) is 18.3 Å². The maximum absolute atomic E-state index is 13.0. The van der Waals surface area contributed by atoms with Gasteiger partial charge in [-0.25, -0.2) is 14.3 Å². The molecule has 3 amide bonds. The summed E-state index contributed by atoms with van der Waals surface area (Å²) in [6, 6.07) is -0.000904. The summed E-state index contributed by atoms with van der Waals surface area (Å²) in [5.74, 6) is -0.199. The van der Waals surface area contributed by atoms with Crippen LogP contribution in [-0.4, -0.2) is 62.2 Å². The van der Waals surface area contributed by atoms with Crippen molar-refractivity contribution in [2.45, 2.75) is 25.1 Å². The summed E-state index contributed by atoms with van der Waals surface area (Å²) < 4.78 is 47.3. The van der Waals surface area contributed by atoms with Gasteiger partial charge >= 0.3 is 12.2 Å². The molecular weight excluding hydrogens is 455 g/mol. The number of likely N-dealkylation sites (tertiary alicyclic amines) is 1. The number of aromatic nitrogens is 4. The molecular formula is C21H22F3N7O3. The maximum atomic E-state index is 13.0. The first-order valence-corrected chi connectivity index (χ1v) is 10.6. The zero-order chi connectivity index (χ0) is 24.3. The van der Waals surface area contributed by atoms with Crippen molar-refractivity contribution in [2.75, 3.05) is 25.5 Å². The van der Waals surface area contributed by atoms with Crippen molar-refractivity contribution in [1.29, 1.82) is 0 Å². The highest BCUT2D eigenvalue weighted by atomic mass is 19.4. The first-order valence-electron chi connectivity index (χ1n) is 10.6. The molecule has 1 aliphatic carbocycles. The molecule has 0 bridgehead atoms. The molecule has 180 valence electrons. The van der Waals surface area contributed by atoms with Crippen LogP contribution in [0.5, 0.6) is 5.88 Å². The normalized spacial score (nSPS) is 17.4. The highest BCUT2D eigenvalue weighted by Gasteiger charge is 2.54. The Balaban J connectivity index is 1.15. The van der Waals surface area contributed by atoms with Crippen molar-refractivity contribution in [3.63, 3.8) is 0 Å². The number of carbonyl (C=O) groups excluding carboxylic acids is 2. The molecule has 3 aromatic heterocycles. The van der Waals surface area contributed by atoms with Gasteiger partial charge in [0.05, 0.1) is 18.9 Å². The Morgan fingerprint density at radius 2 is 1.94 bits per heavy atom. The second kappa shape index (κ2) is 7.64. The van der Waals surface area contributed by atoms with E-state index in [1.807, 2.05) is 17.8 Å². The van der Waals surface area contributed by atoms with E-state index in [0.717, 1.165) is 11.7 Å². The fraction of sp³-hybridized carbons (Fsp3) is 0.429. The van der Waals surface area contributed by atoms with Gasteiger partial charge in [-0.15, -0.1) is 0 Å². The van der Waals surface area contributed by atoms with E-state index >= 15 is 0 Å². The number of amides is 3. The van der Waals surface area contributed by atoms with Crippen LogP contribution >= 0.6 is 0 Å². The molecule has 1 spiro atoms. The van der Waals surface area contributed by atoms with E-state index in [-0.39, 0.29) is 28.9 Å². The molecule has 5 rings (SSSR count). The smallest absolute Gasteiger partial charge is 0.417 e. The fourth-order valence-corrected chi connectivity index (χ4v) is 4.83. The number of hydrogen-bond acceptors (Lipinski definition) is 5. The van der Waals surface area contributed by atoms with Gasteiger partial charge in [-0.1, -0.05) is 0 Å². The van der Waals surface area contributed by atoms with Crippen LogP contribution in [0.25, 0.3) is 5.65 Å². The number of urea groups is 1. The Kier molecular flexibility index (Phi) is 4.95. The van der Waals surface area contributed by atoms with Crippen LogP contribution in [0, 0.1) is 5.41 Å². The summed E-state index contributed by atoms with van der Waals surface area (Å²) >= 11 is 0. The van der Waals surface area contributed by atoms with Crippen LogP contribution in [0.2, 0.25) is 0 Å². The number of aryl methyl sites for hydroxylation is 1. The second-order valence-corrected chi connectivity index (χ2v) is 8.88. The lowest BCUT2D eigenvalue weighted by Crippen LogP contribution is -2.67. The third kappa shape index (κ3) is 3.70. The highest BCUT2D eigenvalue weighted by Crippen LogP contribution is 2.48. The molecule has 1 saturated heterocycles. The van der Waals surface area contributed by atoms with Crippen LogP contribution < -0.4 is 15.4 Å². The van der Waals surface area contributed by atoms with Crippen molar-refractivity contribution in [2.24, 2.45) is 12.5 Å². The van der Waals surface area contributed by atoms with Gasteiger partial charge in [0, 0.05) is 50.2 Å². The van der Waals surface area contributed by atoms with E-state index in [9.17, 15) is 22.8 Å². The molecule has 3 aromatic rings. The van der Waals surface area contributed by atoms with Crippen molar-refractivity contribution in [3.8, 4) is 5.88 Å². The van der Waals surface area contributed by atoms with Crippen LogP contribution in [0.4, 0.5) is 23.7 Å². The largest absolute Gasteiger partial charge is 0.480 e. The number of fused-ring (bicyclic) bond motifs is 1. The second-order valence-electron chi connectivity index (χ2n) is 8.88. The standard InChI is InChI=1S/C21H22F3N7O3/c1-29-3-4-31-17(29)14(9-26-31)18(32)30-10-20(11-30)6-13(7-20)27-19(33)28-15-5-12(21(22,23)24)8-25-16(15)34-2/h3-5,8-9,13H,6-7,10-11H2,1-2H3,(H2,27,28,33). The van der Waals surface area contributed by atoms with Crippen molar-refractivity contribution in [3.05, 3.63) is 42.0 Å². The number of carbonyl (C=O) groups is 2. The van der Waals surface area contributed by atoms with Crippen LogP contribution in [-0.2, 0) is 13.2 Å². The van der Waals surface area contributed by atoms with Crippen LogP contribution in [0.3, 0.4) is 0 Å². The van der Waals surface area contributed by atoms with Crippen molar-refractivity contribution >= 4 is 23.3 Å². The molecule has 13 heteroatoms. The van der Waals surface area contributed by atoms with Crippen LogP contribution in [0.1, 0.15) is 28.8 Å². The van der Waals surface area contributed by atoms with E-state index in [0.29, 0.717) is 37.7 Å². The molecule has 34 heavy (non-hydrogen) atoms. The Labute approximate surface area is 191 Å². The number of imidazole rings is 1. The van der Waals surface area contributed by atoms with E-state index in [2.05, 4.69) is 20.7 Å². The zero-order valence-corrected chi connectivity index (χ0v) is 18.4. The number of anilines is 1. The van der Waals surface area contributed by atoms with Crippen molar-refractivity contribution in [1.82, 2.24) is 29.4 Å². The number of hydrogen-bond donors (Lipinski definition) is 2. The zero-order valence-electron chi connectivity index (χ0n) is 18.4. The minimum atomic E-state index is -4.59. The fourth-order valence-electron chi connectivity index (χ4n) is 4.83. The predicted molar refractivity (Wildman–Crippen MR) is 113 cm³/mol. The van der Waals surface area contributed by atoms with Gasteiger partial charge in [0.1, 0.15) is 16.9 Å². The molecule has 4 heterocycles. The quantitative estimate of drug-likeness (QED) is 0.601. The SMILES string of the molecule is COc1ncc(C(F)(F)F)cc1NC(=O)NC1CC2(C1)CN(C(=O)c1cnn3ccn(C)c13)C2.